The Balaban J connectivity index is 2.00. The van der Waals surface area contributed by atoms with Crippen molar-refractivity contribution in [3.05, 3.63) is 0 Å². The van der Waals surface area contributed by atoms with Gasteiger partial charge in [-0.25, -0.2) is 0 Å². The van der Waals surface area contributed by atoms with E-state index in [0.29, 0.717) is 0 Å². The third kappa shape index (κ3) is 1.26. The Hall–Kier alpha value is -0.860. The molecule has 0 radical (unpaired) electrons. The summed E-state index contributed by atoms with van der Waals surface area (Å²) in [6.07, 6.45) is 5.61. The van der Waals surface area contributed by atoms with Gasteiger partial charge in [0.1, 0.15) is 5.92 Å². The molecule has 1 saturated carbocycles. The average molecular weight is 181 g/mol. The molecule has 2 rings (SSSR count). The minimum atomic E-state index is -0.359. The van der Waals surface area contributed by atoms with Crippen molar-refractivity contribution >= 4 is 11.8 Å². The van der Waals surface area contributed by atoms with E-state index in [2.05, 4.69) is 0 Å². The molecule has 0 N–H and O–H groups in total. The van der Waals surface area contributed by atoms with Crippen LogP contribution in [0.25, 0.3) is 0 Å². The van der Waals surface area contributed by atoms with E-state index in [0.717, 1.165) is 25.7 Å². The number of hydrogen-bond acceptors (Lipinski definition) is 2. The topological polar surface area (TPSA) is 37.4 Å². The fourth-order valence-corrected chi connectivity index (χ4v) is 2.26. The summed E-state index contributed by atoms with van der Waals surface area (Å²) in [5.74, 6) is -0.282. The summed E-state index contributed by atoms with van der Waals surface area (Å²) in [6.45, 7) is 1.70. The van der Waals surface area contributed by atoms with Gasteiger partial charge in [-0.2, -0.15) is 0 Å². The lowest BCUT2D eigenvalue weighted by atomic mass is 9.88. The Morgan fingerprint density at radius 2 is 1.62 bits per heavy atom. The van der Waals surface area contributed by atoms with Crippen LogP contribution in [0.4, 0.5) is 0 Å². The van der Waals surface area contributed by atoms with E-state index in [-0.39, 0.29) is 23.8 Å². The number of carbonyl (C=O) groups is 2. The molecule has 0 atom stereocenters. The molecule has 0 bridgehead atoms. The molecule has 0 aromatic rings. The molecule has 2 amide bonds. The lowest BCUT2D eigenvalue weighted by Crippen LogP contribution is -2.60. The first-order valence-corrected chi connectivity index (χ1v) is 5.08. The molecular weight excluding hydrogens is 166 g/mol. The zero-order valence-electron chi connectivity index (χ0n) is 7.95. The van der Waals surface area contributed by atoms with Crippen LogP contribution in [-0.2, 0) is 9.59 Å². The van der Waals surface area contributed by atoms with Crippen LogP contribution in [0.2, 0.25) is 0 Å². The average Bonchev–Trinajstić information content (AvgIpc) is 2.19. The van der Waals surface area contributed by atoms with Crippen molar-refractivity contribution in [2.75, 3.05) is 0 Å². The van der Waals surface area contributed by atoms with Crippen molar-refractivity contribution in [3.63, 3.8) is 0 Å². The summed E-state index contributed by atoms with van der Waals surface area (Å²) in [5.41, 5.74) is 0. The van der Waals surface area contributed by atoms with E-state index >= 15 is 0 Å². The molecule has 2 aliphatic rings. The predicted octanol–water partition coefficient (Wildman–Crippen LogP) is 1.32. The molecule has 1 heterocycles. The maximum atomic E-state index is 11.4. The lowest BCUT2D eigenvalue weighted by Gasteiger charge is -2.41. The molecule has 0 aromatic heterocycles. The second-order valence-corrected chi connectivity index (χ2v) is 4.06. The van der Waals surface area contributed by atoms with Crippen LogP contribution in [0.1, 0.15) is 39.0 Å². The monoisotopic (exact) mass is 181 g/mol. The smallest absolute Gasteiger partial charge is 0.241 e. The standard InChI is InChI=1S/C10H15NO2/c1-7-9(12)11(10(7)13)8-5-3-2-4-6-8/h7-8H,2-6H2,1H3. The van der Waals surface area contributed by atoms with Crippen molar-refractivity contribution in [3.8, 4) is 0 Å². The largest absolute Gasteiger partial charge is 0.278 e. The van der Waals surface area contributed by atoms with Gasteiger partial charge >= 0.3 is 0 Å². The molecule has 3 heteroatoms. The number of carbonyl (C=O) groups excluding carboxylic acids is 2. The summed E-state index contributed by atoms with van der Waals surface area (Å²) in [7, 11) is 0. The van der Waals surface area contributed by atoms with Crippen molar-refractivity contribution in [2.45, 2.75) is 45.1 Å². The van der Waals surface area contributed by atoms with E-state index in [1.807, 2.05) is 0 Å². The van der Waals surface area contributed by atoms with Gasteiger partial charge in [-0.05, 0) is 19.8 Å². The molecule has 1 aliphatic heterocycles. The van der Waals surface area contributed by atoms with Crippen LogP contribution >= 0.6 is 0 Å². The van der Waals surface area contributed by atoms with Gasteiger partial charge in [-0.15, -0.1) is 0 Å². The van der Waals surface area contributed by atoms with Crippen LogP contribution in [0.15, 0.2) is 0 Å². The number of hydrogen-bond donors (Lipinski definition) is 0. The Morgan fingerprint density at radius 1 is 1.08 bits per heavy atom. The van der Waals surface area contributed by atoms with Gasteiger partial charge in [0.2, 0.25) is 11.8 Å². The van der Waals surface area contributed by atoms with Crippen LogP contribution in [0, 0.1) is 5.92 Å². The Kier molecular flexibility index (Phi) is 2.10. The second kappa shape index (κ2) is 3.13. The van der Waals surface area contributed by atoms with Crippen molar-refractivity contribution in [1.29, 1.82) is 0 Å². The Morgan fingerprint density at radius 3 is 2.15 bits per heavy atom. The minimum absolute atomic E-state index is 0.0388. The molecule has 1 aliphatic carbocycles. The van der Waals surface area contributed by atoms with Gasteiger partial charge in [0, 0.05) is 6.04 Å². The molecule has 0 spiro atoms. The van der Waals surface area contributed by atoms with Crippen molar-refractivity contribution in [1.82, 2.24) is 4.90 Å². The number of β-lactam (4-membered cyclic amide) rings is 2. The SMILES string of the molecule is CC1C(=O)N(C2CCCCC2)C1=O. The number of likely N-dealkylation sites (tertiary alicyclic amines) is 1. The van der Waals surface area contributed by atoms with E-state index in [1.54, 1.807) is 6.92 Å². The summed E-state index contributed by atoms with van der Waals surface area (Å²) in [6, 6.07) is 0.227. The molecule has 72 valence electrons. The fourth-order valence-electron chi connectivity index (χ4n) is 2.26. The van der Waals surface area contributed by atoms with Crippen LogP contribution in [-0.4, -0.2) is 22.8 Å². The highest BCUT2D eigenvalue weighted by molar-refractivity contribution is 6.17. The number of imide groups is 1. The summed E-state index contributed by atoms with van der Waals surface area (Å²) in [5, 5.41) is 0. The van der Waals surface area contributed by atoms with Gasteiger partial charge in [0.25, 0.3) is 0 Å². The lowest BCUT2D eigenvalue weighted by molar-refractivity contribution is -0.168. The van der Waals surface area contributed by atoms with Crippen molar-refractivity contribution < 1.29 is 9.59 Å². The summed E-state index contributed by atoms with van der Waals surface area (Å²) >= 11 is 0. The minimum Gasteiger partial charge on any atom is -0.278 e. The normalized spacial score (nSPS) is 26.4. The fraction of sp³-hybridized carbons (Fsp3) is 0.800. The zero-order valence-corrected chi connectivity index (χ0v) is 7.95. The van der Waals surface area contributed by atoms with E-state index in [4.69, 9.17) is 0 Å². The van der Waals surface area contributed by atoms with E-state index < -0.39 is 0 Å². The highest BCUT2D eigenvalue weighted by Crippen LogP contribution is 2.30. The number of nitrogens with zero attached hydrogens (tertiary/aromatic N) is 1. The van der Waals surface area contributed by atoms with E-state index in [9.17, 15) is 9.59 Å². The second-order valence-electron chi connectivity index (χ2n) is 4.06. The molecule has 0 aromatic carbocycles. The van der Waals surface area contributed by atoms with Gasteiger partial charge in [-0.3, -0.25) is 14.5 Å². The van der Waals surface area contributed by atoms with Gasteiger partial charge < -0.3 is 0 Å². The number of amides is 2. The maximum absolute atomic E-state index is 11.4. The first kappa shape index (κ1) is 8.73. The molecule has 1 saturated heterocycles. The Bertz CT molecular complexity index is 227. The van der Waals surface area contributed by atoms with Crippen LogP contribution < -0.4 is 0 Å². The molecule has 13 heavy (non-hydrogen) atoms. The highest BCUT2D eigenvalue weighted by atomic mass is 16.2. The van der Waals surface area contributed by atoms with Gasteiger partial charge in [0.05, 0.1) is 0 Å². The third-order valence-corrected chi connectivity index (χ3v) is 3.16. The maximum Gasteiger partial charge on any atom is 0.241 e. The molecule has 3 nitrogen and oxygen atoms in total. The molecule has 0 unspecified atom stereocenters. The van der Waals surface area contributed by atoms with E-state index in [1.165, 1.54) is 11.3 Å². The Labute approximate surface area is 78.1 Å². The zero-order chi connectivity index (χ0) is 9.42. The summed E-state index contributed by atoms with van der Waals surface area (Å²) < 4.78 is 0. The summed E-state index contributed by atoms with van der Waals surface area (Å²) in [4.78, 5) is 24.2. The first-order valence-electron chi connectivity index (χ1n) is 5.08. The third-order valence-electron chi connectivity index (χ3n) is 3.16. The van der Waals surface area contributed by atoms with Crippen molar-refractivity contribution in [2.24, 2.45) is 5.92 Å². The van der Waals surface area contributed by atoms with Crippen LogP contribution in [0.5, 0.6) is 0 Å². The first-order chi connectivity index (χ1) is 6.22. The molecule has 2 fully saturated rings. The van der Waals surface area contributed by atoms with Gasteiger partial charge in [0.15, 0.2) is 0 Å². The van der Waals surface area contributed by atoms with Crippen LogP contribution in [0.3, 0.4) is 0 Å². The number of rotatable bonds is 1. The highest BCUT2D eigenvalue weighted by Gasteiger charge is 2.46. The predicted molar refractivity (Wildman–Crippen MR) is 47.9 cm³/mol. The van der Waals surface area contributed by atoms with Gasteiger partial charge in [-0.1, -0.05) is 19.3 Å². The molecular formula is C10H15NO2. The quantitative estimate of drug-likeness (QED) is 0.452.